The van der Waals surface area contributed by atoms with Gasteiger partial charge in [-0.3, -0.25) is 9.59 Å². The van der Waals surface area contributed by atoms with E-state index in [4.69, 9.17) is 16.7 Å². The lowest BCUT2D eigenvalue weighted by molar-refractivity contribution is -0.139. The number of aliphatic carboxylic acids is 1. The van der Waals surface area contributed by atoms with Crippen molar-refractivity contribution in [2.24, 2.45) is 0 Å². The molecule has 0 aromatic heterocycles. The summed E-state index contributed by atoms with van der Waals surface area (Å²) in [5.41, 5.74) is 0.427. The number of rotatable bonds is 5. The first-order valence-corrected chi connectivity index (χ1v) is 7.05. The number of hydrogen-bond acceptors (Lipinski definition) is 2. The fraction of sp³-hybridized carbons (Fsp3) is 0.375. The molecule has 1 rings (SSSR count). The molecule has 0 saturated heterocycles. The first kappa shape index (κ1) is 17.2. The predicted octanol–water partition coefficient (Wildman–Crippen LogP) is 3.46. The maximum absolute atomic E-state index is 12.3. The Bertz CT molecular complexity index is 529. The van der Waals surface area contributed by atoms with Gasteiger partial charge in [0.15, 0.2) is 0 Å². The fourth-order valence-corrected chi connectivity index (χ4v) is 1.94. The first-order valence-electron chi connectivity index (χ1n) is 6.67. The fourth-order valence-electron chi connectivity index (χ4n) is 1.82. The van der Waals surface area contributed by atoms with Crippen LogP contribution in [0.15, 0.2) is 30.3 Å². The molecule has 0 saturated carbocycles. The third-order valence-corrected chi connectivity index (χ3v) is 3.17. The Morgan fingerprint density at radius 2 is 1.81 bits per heavy atom. The summed E-state index contributed by atoms with van der Waals surface area (Å²) in [5.74, 6) is -1.13. The minimum absolute atomic E-state index is 0.0716. The normalized spacial score (nSPS) is 11.6. The lowest BCUT2D eigenvalue weighted by Gasteiger charge is -2.34. The Balaban J connectivity index is 2.80. The second kappa shape index (κ2) is 7.27. The van der Waals surface area contributed by atoms with Gasteiger partial charge < -0.3 is 10.0 Å². The molecule has 0 aliphatic heterocycles. The number of hydrogen-bond donors (Lipinski definition) is 1. The number of carboxylic acids is 1. The number of carboxylic acid groups (broad SMARTS) is 1. The second-order valence-corrected chi connectivity index (χ2v) is 6.13. The topological polar surface area (TPSA) is 57.6 Å². The third-order valence-electron chi connectivity index (χ3n) is 2.91. The SMILES string of the molecule is CC(C)(C)N(CCC(=O)O)C(=O)/C=C/c1ccc(Cl)cc1. The van der Waals surface area contributed by atoms with Crippen LogP contribution in [0.2, 0.25) is 5.02 Å². The molecule has 0 aliphatic carbocycles. The van der Waals surface area contributed by atoms with E-state index >= 15 is 0 Å². The monoisotopic (exact) mass is 309 g/mol. The van der Waals surface area contributed by atoms with Crippen LogP contribution in [-0.2, 0) is 9.59 Å². The third kappa shape index (κ3) is 6.00. The smallest absolute Gasteiger partial charge is 0.305 e. The van der Waals surface area contributed by atoms with Crippen LogP contribution in [-0.4, -0.2) is 34.0 Å². The van der Waals surface area contributed by atoms with E-state index in [0.717, 1.165) is 5.56 Å². The van der Waals surface area contributed by atoms with Gasteiger partial charge in [0.05, 0.1) is 6.42 Å². The van der Waals surface area contributed by atoms with Gasteiger partial charge in [0.2, 0.25) is 5.91 Å². The maximum atomic E-state index is 12.3. The molecule has 1 aromatic rings. The van der Waals surface area contributed by atoms with Crippen LogP contribution in [0.5, 0.6) is 0 Å². The number of nitrogens with zero attached hydrogens (tertiary/aromatic N) is 1. The van der Waals surface area contributed by atoms with Crippen LogP contribution in [0.25, 0.3) is 6.08 Å². The second-order valence-electron chi connectivity index (χ2n) is 5.69. The van der Waals surface area contributed by atoms with Gasteiger partial charge in [0.25, 0.3) is 0 Å². The van der Waals surface area contributed by atoms with Gasteiger partial charge in [-0.05, 0) is 44.5 Å². The van der Waals surface area contributed by atoms with Crippen molar-refractivity contribution in [1.29, 1.82) is 0 Å². The van der Waals surface area contributed by atoms with Crippen LogP contribution >= 0.6 is 11.6 Å². The zero-order valence-electron chi connectivity index (χ0n) is 12.5. The van der Waals surface area contributed by atoms with E-state index in [-0.39, 0.29) is 18.9 Å². The van der Waals surface area contributed by atoms with E-state index in [1.807, 2.05) is 32.9 Å². The lowest BCUT2D eigenvalue weighted by atomic mass is 10.1. The van der Waals surface area contributed by atoms with Gasteiger partial charge >= 0.3 is 5.97 Å². The number of amides is 1. The minimum Gasteiger partial charge on any atom is -0.481 e. The molecule has 0 atom stereocenters. The summed E-state index contributed by atoms with van der Waals surface area (Å²) in [4.78, 5) is 24.5. The van der Waals surface area contributed by atoms with Crippen molar-refractivity contribution in [2.75, 3.05) is 6.54 Å². The van der Waals surface area contributed by atoms with Crippen LogP contribution in [0, 0.1) is 0 Å². The molecule has 1 amide bonds. The standard InChI is InChI=1S/C16H20ClNO3/c1-16(2,3)18(11-10-15(20)21)14(19)9-6-12-4-7-13(17)8-5-12/h4-9H,10-11H2,1-3H3,(H,20,21)/b9-6+. The summed E-state index contributed by atoms with van der Waals surface area (Å²) in [7, 11) is 0. The van der Waals surface area contributed by atoms with E-state index in [1.54, 1.807) is 23.1 Å². The van der Waals surface area contributed by atoms with Gasteiger partial charge in [-0.25, -0.2) is 0 Å². The summed E-state index contributed by atoms with van der Waals surface area (Å²) in [6.45, 7) is 5.82. The molecule has 1 aromatic carbocycles. The van der Waals surface area contributed by atoms with E-state index in [0.29, 0.717) is 5.02 Å². The first-order chi connectivity index (χ1) is 9.70. The molecular weight excluding hydrogens is 290 g/mol. The Hall–Kier alpha value is -1.81. The van der Waals surface area contributed by atoms with Crippen molar-refractivity contribution in [3.63, 3.8) is 0 Å². The molecule has 21 heavy (non-hydrogen) atoms. The van der Waals surface area contributed by atoms with Crippen molar-refractivity contribution in [1.82, 2.24) is 4.90 Å². The number of benzene rings is 1. The van der Waals surface area contributed by atoms with Gasteiger partial charge in [0, 0.05) is 23.2 Å². The van der Waals surface area contributed by atoms with Crippen molar-refractivity contribution in [2.45, 2.75) is 32.7 Å². The molecule has 0 bridgehead atoms. The lowest BCUT2D eigenvalue weighted by Crippen LogP contribution is -2.45. The molecule has 0 fully saturated rings. The van der Waals surface area contributed by atoms with Crippen molar-refractivity contribution < 1.29 is 14.7 Å². The van der Waals surface area contributed by atoms with Crippen molar-refractivity contribution in [3.8, 4) is 0 Å². The van der Waals surface area contributed by atoms with Gasteiger partial charge in [-0.15, -0.1) is 0 Å². The Morgan fingerprint density at radius 3 is 2.29 bits per heavy atom. The molecule has 114 valence electrons. The van der Waals surface area contributed by atoms with Crippen LogP contribution in [0.1, 0.15) is 32.8 Å². The highest BCUT2D eigenvalue weighted by molar-refractivity contribution is 6.30. The highest BCUT2D eigenvalue weighted by Gasteiger charge is 2.25. The molecule has 0 aliphatic rings. The van der Waals surface area contributed by atoms with Crippen LogP contribution in [0.3, 0.4) is 0 Å². The summed E-state index contributed by atoms with van der Waals surface area (Å²) >= 11 is 5.80. The molecule has 0 radical (unpaired) electrons. The largest absolute Gasteiger partial charge is 0.481 e. The van der Waals surface area contributed by atoms with E-state index in [9.17, 15) is 9.59 Å². The zero-order chi connectivity index (χ0) is 16.0. The average Bonchev–Trinajstić information content (AvgIpc) is 2.36. The molecule has 0 heterocycles. The molecule has 4 nitrogen and oxygen atoms in total. The van der Waals surface area contributed by atoms with Crippen LogP contribution < -0.4 is 0 Å². The Labute approximate surface area is 130 Å². The van der Waals surface area contributed by atoms with E-state index in [1.165, 1.54) is 6.08 Å². The zero-order valence-corrected chi connectivity index (χ0v) is 13.2. The molecule has 0 unspecified atom stereocenters. The van der Waals surface area contributed by atoms with Gasteiger partial charge in [-0.2, -0.15) is 0 Å². The van der Waals surface area contributed by atoms with Crippen LogP contribution in [0.4, 0.5) is 0 Å². The Kier molecular flexibility index (Phi) is 5.97. The molecule has 0 spiro atoms. The van der Waals surface area contributed by atoms with Gasteiger partial charge in [0.1, 0.15) is 0 Å². The van der Waals surface area contributed by atoms with Crippen molar-refractivity contribution >= 4 is 29.6 Å². The number of carbonyl (C=O) groups is 2. The number of carbonyl (C=O) groups excluding carboxylic acids is 1. The van der Waals surface area contributed by atoms with E-state index < -0.39 is 11.5 Å². The highest BCUT2D eigenvalue weighted by Crippen LogP contribution is 2.16. The quantitative estimate of drug-likeness (QED) is 0.847. The molecule has 5 heteroatoms. The maximum Gasteiger partial charge on any atom is 0.305 e. The summed E-state index contributed by atoms with van der Waals surface area (Å²) in [5, 5.41) is 9.41. The summed E-state index contributed by atoms with van der Waals surface area (Å²) in [6.07, 6.45) is 3.08. The summed E-state index contributed by atoms with van der Waals surface area (Å²) in [6, 6.07) is 7.12. The van der Waals surface area contributed by atoms with E-state index in [2.05, 4.69) is 0 Å². The van der Waals surface area contributed by atoms with Gasteiger partial charge in [-0.1, -0.05) is 23.7 Å². The minimum atomic E-state index is -0.918. The van der Waals surface area contributed by atoms with Crippen molar-refractivity contribution in [3.05, 3.63) is 40.9 Å². The molecular formula is C16H20ClNO3. The summed E-state index contributed by atoms with van der Waals surface area (Å²) < 4.78 is 0. The molecule has 1 N–H and O–H groups in total. The highest BCUT2D eigenvalue weighted by atomic mass is 35.5. The average molecular weight is 310 g/mol. The number of halogens is 1. The Morgan fingerprint density at radius 1 is 1.24 bits per heavy atom. The predicted molar refractivity (Wildman–Crippen MR) is 84.2 cm³/mol.